The number of nitrogens with zero attached hydrogens (tertiary/aromatic N) is 2. The molecule has 0 aliphatic heterocycles. The number of benzene rings is 2. The summed E-state index contributed by atoms with van der Waals surface area (Å²) in [5.41, 5.74) is 7.91. The first-order valence-electron chi connectivity index (χ1n) is 14.5. The highest BCUT2D eigenvalue weighted by Gasteiger charge is 2.34. The molecular weight excluding hydrogens is 653 g/mol. The number of thiophene rings is 4. The normalized spacial score (nSPS) is 16.7. The Kier molecular flexibility index (Phi) is 5.15. The zero-order chi connectivity index (χ0) is 31.2. The standard InChI is InChI=1S/C36H18N2O4S4/c1-37-23-13-15(11-21-17-7-3-5-9-19(17)27(39)29(21)41)43-31(23)33-25(37)35-36(45-33)26-34(46-35)32-24(38(26)2)14-16(44-32)12-22-18-8-4-6-10-20(18)28(40)30(22)42/h3-14H,1-2H3/b21-11-,22-12-. The van der Waals surface area contributed by atoms with Crippen LogP contribution in [-0.2, 0) is 23.7 Å². The SMILES string of the molecule is Cn1c2cc(/C=C3\C(=O)C(=O)c4ccccc43)sc2c2sc3c(sc4c5sc(/C=C6\C(=O)C(=O)c7ccccc76)cc5n(C)c43)c21. The number of carbonyl (C=O) groups excluding carboxylic acids is 4. The molecule has 0 amide bonds. The highest BCUT2D eigenvalue weighted by molar-refractivity contribution is 7.40. The van der Waals surface area contributed by atoms with E-state index in [4.69, 9.17) is 0 Å². The van der Waals surface area contributed by atoms with Crippen LogP contribution in [0, 0.1) is 0 Å². The van der Waals surface area contributed by atoms with Gasteiger partial charge in [0.25, 0.3) is 0 Å². The molecule has 0 atom stereocenters. The zero-order valence-electron chi connectivity index (χ0n) is 24.1. The van der Waals surface area contributed by atoms with Crippen molar-refractivity contribution in [3.63, 3.8) is 0 Å². The first-order valence-corrected chi connectivity index (χ1v) is 17.7. The lowest BCUT2D eigenvalue weighted by Gasteiger charge is -1.97. The summed E-state index contributed by atoms with van der Waals surface area (Å²) in [5, 5.41) is 0. The van der Waals surface area contributed by atoms with Crippen molar-refractivity contribution < 1.29 is 19.2 Å². The van der Waals surface area contributed by atoms with Crippen molar-refractivity contribution in [3.05, 3.63) is 92.7 Å². The molecular formula is C36H18N2O4S4. The lowest BCUT2D eigenvalue weighted by molar-refractivity contribution is -0.110. The van der Waals surface area contributed by atoms with Gasteiger partial charge in [0, 0.05) is 46.1 Å². The molecule has 10 heteroatoms. The second-order valence-electron chi connectivity index (χ2n) is 11.6. The molecule has 46 heavy (non-hydrogen) atoms. The van der Waals surface area contributed by atoms with Crippen molar-refractivity contribution in [3.8, 4) is 0 Å². The Balaban J connectivity index is 1.11. The van der Waals surface area contributed by atoms with E-state index in [9.17, 15) is 19.2 Å². The average Bonchev–Trinajstić information content (AvgIpc) is 3.92. The van der Waals surface area contributed by atoms with Gasteiger partial charge in [0.15, 0.2) is 0 Å². The molecule has 0 saturated carbocycles. The third kappa shape index (κ3) is 3.24. The smallest absolute Gasteiger partial charge is 0.234 e. The molecule has 6 aromatic heterocycles. The van der Waals surface area contributed by atoms with E-state index in [1.165, 1.54) is 39.2 Å². The van der Waals surface area contributed by atoms with Gasteiger partial charge < -0.3 is 9.13 Å². The number of rotatable bonds is 2. The molecule has 0 saturated heterocycles. The van der Waals surface area contributed by atoms with E-state index in [1.54, 1.807) is 69.6 Å². The van der Waals surface area contributed by atoms with Crippen LogP contribution in [0.2, 0.25) is 0 Å². The van der Waals surface area contributed by atoms with Crippen LogP contribution in [0.5, 0.6) is 0 Å². The van der Waals surface area contributed by atoms with Gasteiger partial charge in [-0.15, -0.1) is 45.3 Å². The van der Waals surface area contributed by atoms with Crippen LogP contribution in [0.4, 0.5) is 0 Å². The molecule has 8 aromatic rings. The highest BCUT2D eigenvalue weighted by Crippen LogP contribution is 2.52. The number of aryl methyl sites for hydroxylation is 2. The summed E-state index contributed by atoms with van der Waals surface area (Å²) in [6, 6.07) is 18.6. The minimum atomic E-state index is -0.445. The molecule has 2 aliphatic rings. The second kappa shape index (κ2) is 8.95. The Morgan fingerprint density at radius 1 is 0.478 bits per heavy atom. The van der Waals surface area contributed by atoms with Crippen LogP contribution in [0.25, 0.3) is 73.6 Å². The van der Waals surface area contributed by atoms with Gasteiger partial charge in [-0.25, -0.2) is 0 Å². The van der Waals surface area contributed by atoms with Gasteiger partial charge >= 0.3 is 0 Å². The molecule has 0 unspecified atom stereocenters. The Morgan fingerprint density at radius 2 is 0.848 bits per heavy atom. The molecule has 0 fully saturated rings. The minimum Gasteiger partial charge on any atom is -0.341 e. The van der Waals surface area contributed by atoms with Gasteiger partial charge in [-0.2, -0.15) is 0 Å². The molecule has 2 aliphatic carbocycles. The largest absolute Gasteiger partial charge is 0.341 e. The van der Waals surface area contributed by atoms with E-state index in [0.29, 0.717) is 33.4 Å². The molecule has 2 aromatic carbocycles. The van der Waals surface area contributed by atoms with Crippen molar-refractivity contribution in [2.75, 3.05) is 0 Å². The fourth-order valence-electron chi connectivity index (χ4n) is 6.97. The summed E-state index contributed by atoms with van der Waals surface area (Å²) in [4.78, 5) is 52.6. The topological polar surface area (TPSA) is 78.1 Å². The number of hydrogen-bond acceptors (Lipinski definition) is 8. The Bertz CT molecular complexity index is 2660. The van der Waals surface area contributed by atoms with Crippen LogP contribution in [0.15, 0.2) is 60.7 Å². The predicted octanol–water partition coefficient (Wildman–Crippen LogP) is 8.99. The van der Waals surface area contributed by atoms with Crippen LogP contribution >= 0.6 is 45.3 Å². The quantitative estimate of drug-likeness (QED) is 0.136. The number of ketones is 4. The summed E-state index contributed by atoms with van der Waals surface area (Å²) in [6.07, 6.45) is 3.73. The maximum Gasteiger partial charge on any atom is 0.234 e. The first-order chi connectivity index (χ1) is 22.3. The van der Waals surface area contributed by atoms with E-state index in [1.807, 2.05) is 36.4 Å². The summed E-state index contributed by atoms with van der Waals surface area (Å²) in [6.45, 7) is 0. The first kappa shape index (κ1) is 26.5. The van der Waals surface area contributed by atoms with Gasteiger partial charge in [-0.05, 0) is 35.4 Å². The van der Waals surface area contributed by atoms with Crippen molar-refractivity contribution in [2.24, 2.45) is 14.1 Å². The molecule has 0 bridgehead atoms. The van der Waals surface area contributed by atoms with E-state index in [0.717, 1.165) is 20.8 Å². The summed E-state index contributed by atoms with van der Waals surface area (Å²) in [7, 11) is 4.18. The summed E-state index contributed by atoms with van der Waals surface area (Å²) < 4.78 is 11.8. The molecule has 6 heterocycles. The van der Waals surface area contributed by atoms with Crippen LogP contribution < -0.4 is 0 Å². The van der Waals surface area contributed by atoms with E-state index < -0.39 is 23.1 Å². The Morgan fingerprint density at radius 3 is 1.26 bits per heavy atom. The van der Waals surface area contributed by atoms with Crippen molar-refractivity contribution in [1.29, 1.82) is 0 Å². The number of Topliss-reactive ketones (excluding diaryl/α,β-unsaturated/α-hetero) is 4. The zero-order valence-corrected chi connectivity index (χ0v) is 27.4. The molecule has 0 N–H and O–H groups in total. The molecule has 10 rings (SSSR count). The Labute approximate surface area is 275 Å². The third-order valence-electron chi connectivity index (χ3n) is 9.14. The van der Waals surface area contributed by atoms with Crippen LogP contribution in [0.1, 0.15) is 41.6 Å². The Hall–Kier alpha value is -4.74. The van der Waals surface area contributed by atoms with Crippen molar-refractivity contribution in [1.82, 2.24) is 9.13 Å². The van der Waals surface area contributed by atoms with Crippen molar-refractivity contribution in [2.45, 2.75) is 0 Å². The predicted molar refractivity (Wildman–Crippen MR) is 191 cm³/mol. The molecule has 0 spiro atoms. The summed E-state index contributed by atoms with van der Waals surface area (Å²) >= 11 is 6.90. The fourth-order valence-corrected chi connectivity index (χ4v) is 12.5. The molecule has 6 nitrogen and oxygen atoms in total. The summed E-state index contributed by atoms with van der Waals surface area (Å²) in [5.74, 6) is -1.77. The van der Waals surface area contributed by atoms with E-state index >= 15 is 0 Å². The van der Waals surface area contributed by atoms with Crippen molar-refractivity contribution >= 4 is 142 Å². The number of carbonyl (C=O) groups is 4. The third-order valence-corrected chi connectivity index (χ3v) is 14.1. The van der Waals surface area contributed by atoms with Gasteiger partial charge in [-0.1, -0.05) is 48.5 Å². The lowest BCUT2D eigenvalue weighted by Crippen LogP contribution is -2.05. The number of hydrogen-bond donors (Lipinski definition) is 0. The number of allylic oxidation sites excluding steroid dienone is 2. The highest BCUT2D eigenvalue weighted by atomic mass is 32.1. The second-order valence-corrected chi connectivity index (χ2v) is 15.8. The maximum absolute atomic E-state index is 12.8. The fraction of sp³-hybridized carbons (Fsp3) is 0.0556. The monoisotopic (exact) mass is 670 g/mol. The molecule has 220 valence electrons. The van der Waals surface area contributed by atoms with Crippen LogP contribution in [0.3, 0.4) is 0 Å². The van der Waals surface area contributed by atoms with E-state index in [-0.39, 0.29) is 0 Å². The minimum absolute atomic E-state index is 0.438. The number of fused-ring (bicyclic) bond motifs is 11. The van der Waals surface area contributed by atoms with Gasteiger partial charge in [0.1, 0.15) is 0 Å². The van der Waals surface area contributed by atoms with E-state index in [2.05, 4.69) is 35.4 Å². The van der Waals surface area contributed by atoms with Gasteiger partial charge in [0.05, 0.1) is 50.3 Å². The van der Waals surface area contributed by atoms with Gasteiger partial charge in [-0.3, -0.25) is 19.2 Å². The molecule has 0 radical (unpaired) electrons. The maximum atomic E-state index is 12.8. The number of aromatic nitrogens is 2. The lowest BCUT2D eigenvalue weighted by atomic mass is 10.1. The average molecular weight is 671 g/mol. The van der Waals surface area contributed by atoms with Crippen LogP contribution in [-0.4, -0.2) is 32.3 Å². The van der Waals surface area contributed by atoms with Gasteiger partial charge in [0.2, 0.25) is 23.1 Å².